The van der Waals surface area contributed by atoms with Gasteiger partial charge in [0.15, 0.2) is 5.76 Å². The van der Waals surface area contributed by atoms with Crippen molar-refractivity contribution in [3.63, 3.8) is 0 Å². The third kappa shape index (κ3) is 4.38. The zero-order chi connectivity index (χ0) is 16.7. The largest absolute Gasteiger partial charge is 0.497 e. The van der Waals surface area contributed by atoms with Gasteiger partial charge in [-0.1, -0.05) is 5.92 Å². The highest BCUT2D eigenvalue weighted by Crippen LogP contribution is 2.22. The van der Waals surface area contributed by atoms with Gasteiger partial charge < -0.3 is 13.9 Å². The smallest absolute Gasteiger partial charge is 0.307 e. The van der Waals surface area contributed by atoms with E-state index in [4.69, 9.17) is 20.3 Å². The fourth-order valence-corrected chi connectivity index (χ4v) is 1.78. The average Bonchev–Trinajstić information content (AvgIpc) is 3.00. The molecular weight excluding hydrogens is 296 g/mol. The molecule has 1 aromatic carbocycles. The van der Waals surface area contributed by atoms with Gasteiger partial charge in [-0.15, -0.1) is 6.42 Å². The van der Waals surface area contributed by atoms with E-state index in [9.17, 15) is 4.79 Å². The van der Waals surface area contributed by atoms with Gasteiger partial charge in [-0.2, -0.15) is 5.10 Å². The molecular formula is C17H16N2O4. The van der Waals surface area contributed by atoms with Gasteiger partial charge in [-0.3, -0.25) is 4.79 Å². The summed E-state index contributed by atoms with van der Waals surface area (Å²) in [6.07, 6.45) is 6.63. The number of ether oxygens (including phenoxy) is 2. The Morgan fingerprint density at radius 3 is 2.91 bits per heavy atom. The molecule has 2 aromatic rings. The maximum Gasteiger partial charge on any atom is 0.307 e. The molecule has 0 radical (unpaired) electrons. The van der Waals surface area contributed by atoms with E-state index in [0.29, 0.717) is 22.8 Å². The Hall–Kier alpha value is -3.20. The van der Waals surface area contributed by atoms with E-state index in [0.717, 1.165) is 0 Å². The van der Waals surface area contributed by atoms with Gasteiger partial charge in [0.1, 0.15) is 23.9 Å². The summed E-state index contributed by atoms with van der Waals surface area (Å²) in [4.78, 5) is 11.8. The number of benzene rings is 1. The van der Waals surface area contributed by atoms with Gasteiger partial charge in [0.05, 0.1) is 13.3 Å². The number of hydrogen-bond donors (Lipinski definition) is 1. The summed E-state index contributed by atoms with van der Waals surface area (Å²) in [6, 6.07) is 8.46. The van der Waals surface area contributed by atoms with Gasteiger partial charge in [0.2, 0.25) is 0 Å². The van der Waals surface area contributed by atoms with Gasteiger partial charge in [-0.25, -0.2) is 5.43 Å². The molecule has 1 heterocycles. The molecule has 0 aliphatic rings. The van der Waals surface area contributed by atoms with Crippen LogP contribution in [0.15, 0.2) is 39.9 Å². The number of amides is 1. The van der Waals surface area contributed by atoms with Crippen LogP contribution in [-0.4, -0.2) is 25.8 Å². The van der Waals surface area contributed by atoms with E-state index in [1.165, 1.54) is 6.21 Å². The molecule has 0 spiro atoms. The normalized spacial score (nSPS) is 10.3. The van der Waals surface area contributed by atoms with Crippen molar-refractivity contribution in [2.75, 3.05) is 13.7 Å². The Kier molecular flexibility index (Phi) is 5.42. The lowest BCUT2D eigenvalue weighted by atomic mass is 10.2. The lowest BCUT2D eigenvalue weighted by molar-refractivity contribution is 0.0926. The number of aryl methyl sites for hydroxylation is 1. The number of hydrogen-bond acceptors (Lipinski definition) is 5. The summed E-state index contributed by atoms with van der Waals surface area (Å²) in [5, 5.41) is 3.90. The van der Waals surface area contributed by atoms with Gasteiger partial charge in [0.25, 0.3) is 0 Å². The SMILES string of the molecule is C#CCOc1ccc(OC)cc1/C=N\NC(=O)c1ccc(C)o1. The fourth-order valence-electron chi connectivity index (χ4n) is 1.78. The Balaban J connectivity index is 2.10. The van der Waals surface area contributed by atoms with Gasteiger partial charge in [0, 0.05) is 5.56 Å². The van der Waals surface area contributed by atoms with Crippen LogP contribution in [0.25, 0.3) is 0 Å². The fraction of sp³-hybridized carbons (Fsp3) is 0.176. The van der Waals surface area contributed by atoms with Crippen LogP contribution in [0.4, 0.5) is 0 Å². The topological polar surface area (TPSA) is 73.1 Å². The number of rotatable bonds is 6. The van der Waals surface area contributed by atoms with Crippen molar-refractivity contribution in [1.29, 1.82) is 0 Å². The molecule has 1 amide bonds. The lowest BCUT2D eigenvalue weighted by Crippen LogP contribution is -2.16. The molecule has 23 heavy (non-hydrogen) atoms. The zero-order valence-corrected chi connectivity index (χ0v) is 12.8. The number of nitrogens with zero attached hydrogens (tertiary/aromatic N) is 1. The standard InChI is InChI=1S/C17H16N2O4/c1-4-9-22-15-8-6-14(21-3)10-13(15)11-18-19-17(20)16-7-5-12(2)23-16/h1,5-8,10-11H,9H2,2-3H3,(H,19,20)/b18-11-. The van der Waals surface area contributed by atoms with Crippen molar-refractivity contribution in [2.45, 2.75) is 6.92 Å². The summed E-state index contributed by atoms with van der Waals surface area (Å²) in [5.41, 5.74) is 3.00. The van der Waals surface area contributed by atoms with Crippen LogP contribution in [0.5, 0.6) is 11.5 Å². The third-order valence-electron chi connectivity index (χ3n) is 2.86. The van der Waals surface area contributed by atoms with Crippen LogP contribution in [0, 0.1) is 19.3 Å². The Morgan fingerprint density at radius 2 is 2.26 bits per heavy atom. The number of methoxy groups -OCH3 is 1. The first-order valence-electron chi connectivity index (χ1n) is 6.78. The molecule has 0 fully saturated rings. The highest BCUT2D eigenvalue weighted by molar-refractivity contribution is 5.92. The zero-order valence-electron chi connectivity index (χ0n) is 12.8. The highest BCUT2D eigenvalue weighted by Gasteiger charge is 2.09. The first-order valence-corrected chi connectivity index (χ1v) is 6.78. The van der Waals surface area contributed by atoms with E-state index in [1.54, 1.807) is 44.4 Å². The third-order valence-corrected chi connectivity index (χ3v) is 2.86. The van der Waals surface area contributed by atoms with Crippen molar-refractivity contribution in [2.24, 2.45) is 5.10 Å². The first-order chi connectivity index (χ1) is 11.1. The Morgan fingerprint density at radius 1 is 1.43 bits per heavy atom. The van der Waals surface area contributed by atoms with Crippen molar-refractivity contribution in [3.8, 4) is 23.8 Å². The number of carbonyl (C=O) groups excluding carboxylic acids is 1. The summed E-state index contributed by atoms with van der Waals surface area (Å²) in [5.74, 6) is 3.96. The highest BCUT2D eigenvalue weighted by atomic mass is 16.5. The molecule has 2 rings (SSSR count). The van der Waals surface area contributed by atoms with E-state index in [1.807, 2.05) is 0 Å². The van der Waals surface area contributed by atoms with Crippen LogP contribution in [0.1, 0.15) is 21.9 Å². The number of furan rings is 1. The van der Waals surface area contributed by atoms with Crippen molar-refractivity contribution >= 4 is 12.1 Å². The van der Waals surface area contributed by atoms with Crippen LogP contribution >= 0.6 is 0 Å². The summed E-state index contributed by atoms with van der Waals surface area (Å²) in [7, 11) is 1.55. The molecule has 0 aliphatic heterocycles. The number of terminal acetylenes is 1. The average molecular weight is 312 g/mol. The van der Waals surface area contributed by atoms with Crippen molar-refractivity contribution in [1.82, 2.24) is 5.43 Å². The maximum absolute atomic E-state index is 11.8. The molecule has 1 aromatic heterocycles. The van der Waals surface area contributed by atoms with Crippen LogP contribution in [-0.2, 0) is 0 Å². The van der Waals surface area contributed by atoms with Crippen LogP contribution in [0.2, 0.25) is 0 Å². The van der Waals surface area contributed by atoms with Gasteiger partial charge >= 0.3 is 5.91 Å². The summed E-state index contributed by atoms with van der Waals surface area (Å²) < 4.78 is 15.8. The second kappa shape index (κ2) is 7.71. The van der Waals surface area contributed by atoms with Crippen LogP contribution in [0.3, 0.4) is 0 Å². The lowest BCUT2D eigenvalue weighted by Gasteiger charge is -2.08. The van der Waals surface area contributed by atoms with Crippen LogP contribution < -0.4 is 14.9 Å². The maximum atomic E-state index is 11.8. The minimum Gasteiger partial charge on any atom is -0.497 e. The minimum absolute atomic E-state index is 0.130. The van der Waals surface area contributed by atoms with E-state index < -0.39 is 5.91 Å². The summed E-state index contributed by atoms with van der Waals surface area (Å²) in [6.45, 7) is 1.89. The second-order valence-electron chi connectivity index (χ2n) is 4.51. The minimum atomic E-state index is -0.441. The molecule has 0 saturated carbocycles. The molecule has 0 bridgehead atoms. The van der Waals surface area contributed by atoms with E-state index in [2.05, 4.69) is 16.4 Å². The van der Waals surface area contributed by atoms with Crippen molar-refractivity contribution < 1.29 is 18.7 Å². The van der Waals surface area contributed by atoms with E-state index >= 15 is 0 Å². The molecule has 6 heteroatoms. The molecule has 0 unspecified atom stereocenters. The van der Waals surface area contributed by atoms with E-state index in [-0.39, 0.29) is 12.4 Å². The molecule has 6 nitrogen and oxygen atoms in total. The molecule has 0 aliphatic carbocycles. The molecule has 0 saturated heterocycles. The first kappa shape index (κ1) is 16.2. The quantitative estimate of drug-likeness (QED) is 0.505. The monoisotopic (exact) mass is 312 g/mol. The number of hydrazone groups is 1. The Labute approximate surface area is 134 Å². The predicted octanol–water partition coefficient (Wildman–Crippen LogP) is 2.37. The molecule has 0 atom stereocenters. The predicted molar refractivity (Wildman–Crippen MR) is 85.8 cm³/mol. The summed E-state index contributed by atoms with van der Waals surface area (Å²) >= 11 is 0. The number of nitrogens with one attached hydrogen (secondary N) is 1. The van der Waals surface area contributed by atoms with Crippen molar-refractivity contribution in [3.05, 3.63) is 47.4 Å². The van der Waals surface area contributed by atoms with Gasteiger partial charge in [-0.05, 0) is 37.3 Å². The molecule has 1 N–H and O–H groups in total. The number of carbonyl (C=O) groups is 1. The molecule has 118 valence electrons. The second-order valence-corrected chi connectivity index (χ2v) is 4.51. The Bertz CT molecular complexity index is 756.